The summed E-state index contributed by atoms with van der Waals surface area (Å²) in [6.45, 7) is 4.80. The Labute approximate surface area is 94.9 Å². The third-order valence-electron chi connectivity index (χ3n) is 0.843. The van der Waals surface area contributed by atoms with E-state index in [4.69, 9.17) is 9.90 Å². The van der Waals surface area contributed by atoms with Crippen molar-refractivity contribution in [2.24, 2.45) is 0 Å². The predicted octanol–water partition coefficient (Wildman–Crippen LogP) is -1.04. The first kappa shape index (κ1) is 14.1. The molecule has 0 atom stereocenters. The van der Waals surface area contributed by atoms with Gasteiger partial charge in [-0.1, -0.05) is 6.07 Å². The van der Waals surface area contributed by atoms with E-state index in [1.165, 1.54) is 0 Å². The Morgan fingerprint density at radius 2 is 1.67 bits per heavy atom. The van der Waals surface area contributed by atoms with E-state index in [0.29, 0.717) is 0 Å². The van der Waals surface area contributed by atoms with E-state index in [1.54, 1.807) is 0 Å². The van der Waals surface area contributed by atoms with Crippen LogP contribution in [0.25, 0.3) is 0 Å². The molecular weight excluding hydrogens is 163 g/mol. The van der Waals surface area contributed by atoms with Crippen molar-refractivity contribution >= 4 is 5.97 Å². The average Bonchev–Trinajstić information content (AvgIpc) is 1.87. The van der Waals surface area contributed by atoms with Crippen molar-refractivity contribution in [2.75, 3.05) is 0 Å². The van der Waals surface area contributed by atoms with Crippen LogP contribution in [0.3, 0.4) is 0 Å². The monoisotopic (exact) mass is 174 g/mol. The van der Waals surface area contributed by atoms with E-state index in [9.17, 15) is 0 Å². The van der Waals surface area contributed by atoms with E-state index >= 15 is 0 Å². The molecule has 0 amide bonds. The third-order valence-corrected chi connectivity index (χ3v) is 0.843. The minimum atomic E-state index is -0.833. The Morgan fingerprint density at radius 3 is 1.83 bits per heavy atom. The van der Waals surface area contributed by atoms with E-state index < -0.39 is 5.97 Å². The van der Waals surface area contributed by atoms with Gasteiger partial charge in [0.25, 0.3) is 5.97 Å². The molecule has 1 aromatic carbocycles. The van der Waals surface area contributed by atoms with Crippen molar-refractivity contribution in [1.82, 2.24) is 0 Å². The van der Waals surface area contributed by atoms with Crippen molar-refractivity contribution in [1.29, 1.82) is 0 Å². The standard InChI is InChI=1S/C7H7.C2H4O2.Na/c1-7-5-3-2-4-6-7;1-2(3)4;/h2-6H,1H2;1H3,(H,3,4);/q-1;;+1. The number of carboxylic acid groups (broad SMARTS) is 1. The molecule has 0 saturated carbocycles. The topological polar surface area (TPSA) is 37.3 Å². The van der Waals surface area contributed by atoms with E-state index in [-0.39, 0.29) is 29.6 Å². The van der Waals surface area contributed by atoms with Crippen LogP contribution in [0.2, 0.25) is 0 Å². The summed E-state index contributed by atoms with van der Waals surface area (Å²) < 4.78 is 0. The molecule has 0 aliphatic carbocycles. The summed E-state index contributed by atoms with van der Waals surface area (Å²) in [5.41, 5.74) is 1.07. The molecule has 60 valence electrons. The van der Waals surface area contributed by atoms with Crippen molar-refractivity contribution in [2.45, 2.75) is 6.92 Å². The third kappa shape index (κ3) is 12.3. The van der Waals surface area contributed by atoms with Gasteiger partial charge in [-0.2, -0.15) is 24.6 Å². The number of hydrogen-bond donors (Lipinski definition) is 1. The number of hydrogen-bond acceptors (Lipinski definition) is 1. The summed E-state index contributed by atoms with van der Waals surface area (Å²) in [4.78, 5) is 9.00. The minimum Gasteiger partial charge on any atom is -0.481 e. The average molecular weight is 174 g/mol. The summed E-state index contributed by atoms with van der Waals surface area (Å²) in [6.07, 6.45) is 0. The van der Waals surface area contributed by atoms with Crippen molar-refractivity contribution in [3.05, 3.63) is 42.8 Å². The number of benzene rings is 1. The Morgan fingerprint density at radius 1 is 1.33 bits per heavy atom. The van der Waals surface area contributed by atoms with Gasteiger partial charge >= 0.3 is 29.6 Å². The molecule has 1 aromatic rings. The van der Waals surface area contributed by atoms with Crippen molar-refractivity contribution in [3.8, 4) is 0 Å². The molecule has 0 bridgehead atoms. The molecule has 0 aromatic heterocycles. The van der Waals surface area contributed by atoms with Crippen molar-refractivity contribution < 1.29 is 39.5 Å². The maximum absolute atomic E-state index is 9.00. The smallest absolute Gasteiger partial charge is 0.481 e. The van der Waals surface area contributed by atoms with Gasteiger partial charge in [0.05, 0.1) is 0 Å². The molecule has 0 saturated heterocycles. The molecule has 0 spiro atoms. The van der Waals surface area contributed by atoms with Crippen LogP contribution in [-0.4, -0.2) is 11.1 Å². The SMILES string of the molecule is CC(=O)O.[CH2-]c1ccccc1.[Na+]. The van der Waals surface area contributed by atoms with Crippen LogP contribution >= 0.6 is 0 Å². The Balaban J connectivity index is 0. The molecule has 12 heavy (non-hydrogen) atoms. The molecule has 0 unspecified atom stereocenters. The van der Waals surface area contributed by atoms with Crippen LogP contribution in [0, 0.1) is 6.92 Å². The van der Waals surface area contributed by atoms with Crippen LogP contribution in [0.15, 0.2) is 30.3 Å². The maximum atomic E-state index is 9.00. The van der Waals surface area contributed by atoms with Gasteiger partial charge in [0, 0.05) is 6.92 Å². The van der Waals surface area contributed by atoms with Gasteiger partial charge in [0.2, 0.25) is 0 Å². The van der Waals surface area contributed by atoms with Crippen LogP contribution < -0.4 is 29.6 Å². The molecule has 1 rings (SSSR count). The second-order valence-electron chi connectivity index (χ2n) is 2.00. The molecular formula is C9H11NaO2. The normalized spacial score (nSPS) is 7.08. The Hall–Kier alpha value is -0.440. The van der Waals surface area contributed by atoms with E-state index in [2.05, 4.69) is 6.92 Å². The maximum Gasteiger partial charge on any atom is 1.00 e. The molecule has 0 aliphatic heterocycles. The molecule has 1 N–H and O–H groups in total. The quantitative estimate of drug-likeness (QED) is 0.403. The van der Waals surface area contributed by atoms with Gasteiger partial charge < -0.3 is 5.11 Å². The number of rotatable bonds is 0. The van der Waals surface area contributed by atoms with Gasteiger partial charge in [0.1, 0.15) is 0 Å². The van der Waals surface area contributed by atoms with Gasteiger partial charge in [0.15, 0.2) is 0 Å². The fraction of sp³-hybridized carbons (Fsp3) is 0.111. The fourth-order valence-electron chi connectivity index (χ4n) is 0.478. The second-order valence-corrected chi connectivity index (χ2v) is 2.00. The first-order valence-electron chi connectivity index (χ1n) is 3.19. The second kappa shape index (κ2) is 8.65. The van der Waals surface area contributed by atoms with Gasteiger partial charge in [-0.15, -0.1) is 12.1 Å². The largest absolute Gasteiger partial charge is 1.00 e. The number of aliphatic carboxylic acids is 1. The van der Waals surface area contributed by atoms with Crippen LogP contribution in [0.5, 0.6) is 0 Å². The summed E-state index contributed by atoms with van der Waals surface area (Å²) in [7, 11) is 0. The molecule has 3 heteroatoms. The molecule has 0 radical (unpaired) electrons. The first-order valence-corrected chi connectivity index (χ1v) is 3.19. The summed E-state index contributed by atoms with van der Waals surface area (Å²) in [6, 6.07) is 9.87. The van der Waals surface area contributed by atoms with Gasteiger partial charge in [-0.05, 0) is 0 Å². The van der Waals surface area contributed by atoms with Crippen molar-refractivity contribution in [3.63, 3.8) is 0 Å². The molecule has 0 fully saturated rings. The van der Waals surface area contributed by atoms with E-state index in [1.807, 2.05) is 30.3 Å². The zero-order valence-electron chi connectivity index (χ0n) is 7.45. The number of carbonyl (C=O) groups is 1. The van der Waals surface area contributed by atoms with Crippen LogP contribution in [0.1, 0.15) is 12.5 Å². The van der Waals surface area contributed by atoms with Crippen LogP contribution in [-0.2, 0) is 4.79 Å². The Kier molecular flexibility index (Phi) is 10.2. The minimum absolute atomic E-state index is 0. The summed E-state index contributed by atoms with van der Waals surface area (Å²) in [5.74, 6) is -0.833. The first-order chi connectivity index (χ1) is 5.13. The zero-order valence-corrected chi connectivity index (χ0v) is 9.45. The summed E-state index contributed by atoms with van der Waals surface area (Å²) >= 11 is 0. The summed E-state index contributed by atoms with van der Waals surface area (Å²) in [5, 5.41) is 7.42. The predicted molar refractivity (Wildman–Crippen MR) is 44.2 cm³/mol. The number of carboxylic acids is 1. The zero-order chi connectivity index (χ0) is 8.69. The van der Waals surface area contributed by atoms with E-state index in [0.717, 1.165) is 12.5 Å². The fourth-order valence-corrected chi connectivity index (χ4v) is 0.478. The molecule has 0 aliphatic rings. The molecule has 0 heterocycles. The van der Waals surface area contributed by atoms with Gasteiger partial charge in [-0.25, -0.2) is 0 Å². The van der Waals surface area contributed by atoms with Crippen LogP contribution in [0.4, 0.5) is 0 Å². The Bertz CT molecular complexity index is 205. The van der Waals surface area contributed by atoms with Gasteiger partial charge in [-0.3, -0.25) is 4.79 Å². The molecule has 2 nitrogen and oxygen atoms in total.